The van der Waals surface area contributed by atoms with Crippen LogP contribution in [0.1, 0.15) is 10.4 Å². The Hall–Kier alpha value is -2.38. The lowest BCUT2D eigenvalue weighted by atomic mass is 10.1. The zero-order valence-corrected chi connectivity index (χ0v) is 12.1. The van der Waals surface area contributed by atoms with E-state index in [-0.39, 0.29) is 10.8 Å². The second-order valence-corrected chi connectivity index (χ2v) is 5.88. The van der Waals surface area contributed by atoms with Gasteiger partial charge in [-0.05, 0) is 36.4 Å². The molecule has 4 N–H and O–H groups in total. The summed E-state index contributed by atoms with van der Waals surface area (Å²) in [6.07, 6.45) is 0. The number of sulfonamides is 1. The molecule has 1 amide bonds. The van der Waals surface area contributed by atoms with E-state index in [4.69, 9.17) is 5.14 Å². The van der Waals surface area contributed by atoms with Gasteiger partial charge in [-0.3, -0.25) is 4.79 Å². The van der Waals surface area contributed by atoms with Gasteiger partial charge in [0.05, 0.1) is 10.5 Å². The fourth-order valence-electron chi connectivity index (χ4n) is 1.83. The van der Waals surface area contributed by atoms with Crippen LogP contribution in [-0.4, -0.2) is 21.4 Å². The van der Waals surface area contributed by atoms with E-state index in [1.807, 2.05) is 6.07 Å². The molecule has 7 heteroatoms. The number of para-hydroxylation sites is 1. The Balaban J connectivity index is 2.20. The lowest BCUT2D eigenvalue weighted by Gasteiger charge is -2.10. The molecule has 0 spiro atoms. The molecule has 0 aliphatic rings. The first-order valence-electron chi connectivity index (χ1n) is 6.13. The van der Waals surface area contributed by atoms with E-state index >= 15 is 0 Å². The van der Waals surface area contributed by atoms with Gasteiger partial charge in [-0.1, -0.05) is 12.1 Å². The van der Waals surface area contributed by atoms with E-state index in [1.165, 1.54) is 24.3 Å². The highest BCUT2D eigenvalue weighted by Crippen LogP contribution is 2.18. The molecule has 2 rings (SSSR count). The van der Waals surface area contributed by atoms with Crippen LogP contribution in [0.15, 0.2) is 53.4 Å². The summed E-state index contributed by atoms with van der Waals surface area (Å²) in [6.45, 7) is 0. The maximum absolute atomic E-state index is 12.2. The van der Waals surface area contributed by atoms with E-state index < -0.39 is 10.0 Å². The van der Waals surface area contributed by atoms with Gasteiger partial charge in [0.25, 0.3) is 5.91 Å². The smallest absolute Gasteiger partial charge is 0.257 e. The maximum atomic E-state index is 12.2. The number of carbonyl (C=O) groups is 1. The summed E-state index contributed by atoms with van der Waals surface area (Å²) in [4.78, 5) is 12.2. The summed E-state index contributed by atoms with van der Waals surface area (Å²) >= 11 is 0. The van der Waals surface area contributed by atoms with Gasteiger partial charge in [0.2, 0.25) is 10.0 Å². The number of benzene rings is 2. The molecule has 0 bridgehead atoms. The predicted molar refractivity (Wildman–Crippen MR) is 81.8 cm³/mol. The average Bonchev–Trinajstić information content (AvgIpc) is 2.46. The highest BCUT2D eigenvalue weighted by molar-refractivity contribution is 7.89. The van der Waals surface area contributed by atoms with Crippen molar-refractivity contribution in [1.29, 1.82) is 0 Å². The molecule has 0 unspecified atom stereocenters. The number of carbonyl (C=O) groups excluding carboxylic acids is 1. The molecule has 0 aromatic heterocycles. The highest BCUT2D eigenvalue weighted by atomic mass is 32.2. The normalized spacial score (nSPS) is 11.0. The molecule has 0 aliphatic carbocycles. The van der Waals surface area contributed by atoms with Crippen LogP contribution in [0.25, 0.3) is 0 Å². The molecular formula is C14H15N3O3S. The summed E-state index contributed by atoms with van der Waals surface area (Å²) in [5.41, 5.74) is 1.69. The van der Waals surface area contributed by atoms with Crippen LogP contribution >= 0.6 is 0 Å². The minimum atomic E-state index is -3.73. The van der Waals surface area contributed by atoms with Crippen LogP contribution in [0.5, 0.6) is 0 Å². The van der Waals surface area contributed by atoms with Crippen molar-refractivity contribution in [3.8, 4) is 0 Å². The second-order valence-electron chi connectivity index (χ2n) is 4.32. The third-order valence-corrected chi connectivity index (χ3v) is 3.81. The predicted octanol–water partition coefficient (Wildman–Crippen LogP) is 1.63. The van der Waals surface area contributed by atoms with E-state index in [1.54, 1.807) is 25.2 Å². The first-order chi connectivity index (χ1) is 9.91. The Bertz CT molecular complexity index is 755. The van der Waals surface area contributed by atoms with Gasteiger partial charge in [-0.25, -0.2) is 13.6 Å². The van der Waals surface area contributed by atoms with Crippen molar-refractivity contribution >= 4 is 27.3 Å². The Labute approximate surface area is 123 Å². The first kappa shape index (κ1) is 15.0. The standard InChI is InChI=1S/C14H15N3O3S/c1-16-13-5-3-2-4-12(13)14(18)17-10-6-8-11(9-7-10)21(15,19)20/h2-9,16H,1H3,(H,17,18)(H2,15,19,20). The van der Waals surface area contributed by atoms with E-state index in [9.17, 15) is 13.2 Å². The van der Waals surface area contributed by atoms with Gasteiger partial charge in [0.15, 0.2) is 0 Å². The molecule has 0 radical (unpaired) electrons. The number of hydrogen-bond acceptors (Lipinski definition) is 4. The van der Waals surface area contributed by atoms with Gasteiger partial charge >= 0.3 is 0 Å². The van der Waals surface area contributed by atoms with Gasteiger partial charge < -0.3 is 10.6 Å². The fourth-order valence-corrected chi connectivity index (χ4v) is 2.34. The molecule has 0 atom stereocenters. The van der Waals surface area contributed by atoms with Crippen LogP contribution in [0.2, 0.25) is 0 Å². The second kappa shape index (κ2) is 5.94. The number of anilines is 2. The highest BCUT2D eigenvalue weighted by Gasteiger charge is 2.11. The summed E-state index contributed by atoms with van der Waals surface area (Å²) in [5, 5.41) is 10.6. The summed E-state index contributed by atoms with van der Waals surface area (Å²) in [5.74, 6) is -0.289. The number of nitrogens with two attached hydrogens (primary N) is 1. The van der Waals surface area contributed by atoms with Crippen molar-refractivity contribution in [3.05, 3.63) is 54.1 Å². The lowest BCUT2D eigenvalue weighted by Crippen LogP contribution is -2.15. The van der Waals surface area contributed by atoms with Crippen molar-refractivity contribution < 1.29 is 13.2 Å². The third-order valence-electron chi connectivity index (χ3n) is 2.88. The Morgan fingerprint density at radius 3 is 2.24 bits per heavy atom. The third kappa shape index (κ3) is 3.59. The molecular weight excluding hydrogens is 290 g/mol. The fraction of sp³-hybridized carbons (Fsp3) is 0.0714. The molecule has 0 saturated heterocycles. The van der Waals surface area contributed by atoms with Gasteiger partial charge in [0, 0.05) is 18.4 Å². The van der Waals surface area contributed by atoms with Crippen molar-refractivity contribution in [3.63, 3.8) is 0 Å². The summed E-state index contributed by atoms with van der Waals surface area (Å²) < 4.78 is 22.3. The largest absolute Gasteiger partial charge is 0.387 e. The summed E-state index contributed by atoms with van der Waals surface area (Å²) in [7, 11) is -2.00. The number of hydrogen-bond donors (Lipinski definition) is 3. The number of rotatable bonds is 4. The van der Waals surface area contributed by atoms with Gasteiger partial charge in [-0.2, -0.15) is 0 Å². The SMILES string of the molecule is CNc1ccccc1C(=O)Nc1ccc(S(N)(=O)=O)cc1. The summed E-state index contributed by atoms with van der Waals surface area (Å²) in [6, 6.07) is 12.7. The topological polar surface area (TPSA) is 101 Å². The van der Waals surface area contributed by atoms with E-state index in [0.29, 0.717) is 16.9 Å². The molecule has 2 aromatic rings. The molecule has 0 heterocycles. The van der Waals surface area contributed by atoms with Crippen molar-refractivity contribution in [2.45, 2.75) is 4.90 Å². The van der Waals surface area contributed by atoms with E-state index in [0.717, 1.165) is 0 Å². The molecule has 6 nitrogen and oxygen atoms in total. The monoisotopic (exact) mass is 305 g/mol. The van der Waals surface area contributed by atoms with Crippen LogP contribution in [0.3, 0.4) is 0 Å². The zero-order valence-electron chi connectivity index (χ0n) is 11.3. The van der Waals surface area contributed by atoms with Crippen LogP contribution < -0.4 is 15.8 Å². The minimum absolute atomic E-state index is 0.00359. The zero-order chi connectivity index (χ0) is 15.5. The molecule has 0 fully saturated rings. The maximum Gasteiger partial charge on any atom is 0.257 e. The lowest BCUT2D eigenvalue weighted by molar-refractivity contribution is 0.102. The minimum Gasteiger partial charge on any atom is -0.387 e. The number of primary sulfonamides is 1. The quantitative estimate of drug-likeness (QED) is 0.799. The van der Waals surface area contributed by atoms with Crippen LogP contribution in [0, 0.1) is 0 Å². The molecule has 0 saturated carbocycles. The van der Waals surface area contributed by atoms with Crippen molar-refractivity contribution in [2.75, 3.05) is 17.7 Å². The Morgan fingerprint density at radius 2 is 1.67 bits per heavy atom. The van der Waals surface area contributed by atoms with Crippen molar-refractivity contribution in [1.82, 2.24) is 0 Å². The molecule has 110 valence electrons. The van der Waals surface area contributed by atoms with Gasteiger partial charge in [0.1, 0.15) is 0 Å². The molecule has 21 heavy (non-hydrogen) atoms. The van der Waals surface area contributed by atoms with Crippen LogP contribution in [-0.2, 0) is 10.0 Å². The Morgan fingerprint density at radius 1 is 1.05 bits per heavy atom. The van der Waals surface area contributed by atoms with Crippen molar-refractivity contribution in [2.24, 2.45) is 5.14 Å². The average molecular weight is 305 g/mol. The Kier molecular flexibility index (Phi) is 4.25. The molecule has 0 aliphatic heterocycles. The number of amides is 1. The first-order valence-corrected chi connectivity index (χ1v) is 7.67. The number of nitrogens with one attached hydrogen (secondary N) is 2. The van der Waals surface area contributed by atoms with E-state index in [2.05, 4.69) is 10.6 Å². The van der Waals surface area contributed by atoms with Crippen LogP contribution in [0.4, 0.5) is 11.4 Å². The molecule has 2 aromatic carbocycles. The van der Waals surface area contributed by atoms with Gasteiger partial charge in [-0.15, -0.1) is 0 Å².